The van der Waals surface area contributed by atoms with Crippen LogP contribution >= 0.6 is 19.2 Å². The van der Waals surface area contributed by atoms with Gasteiger partial charge in [-0.25, -0.2) is 4.57 Å². The maximum atomic E-state index is 14.0. The van der Waals surface area contributed by atoms with Gasteiger partial charge in [0.1, 0.15) is 18.0 Å². The van der Waals surface area contributed by atoms with Crippen LogP contribution in [0.25, 0.3) is 11.0 Å². The Morgan fingerprint density at radius 1 is 1.32 bits per heavy atom. The lowest BCUT2D eigenvalue weighted by atomic mass is 9.99. The molecule has 0 radical (unpaired) electrons. The third kappa shape index (κ3) is 6.61. The molecule has 1 saturated heterocycles. The molecule has 0 spiro atoms. The Balaban J connectivity index is 1.62. The number of aromatic amines is 1. The van der Waals surface area contributed by atoms with Crippen molar-refractivity contribution in [1.29, 1.82) is 0 Å². The lowest BCUT2D eigenvalue weighted by Crippen LogP contribution is -2.41. The van der Waals surface area contributed by atoms with Crippen LogP contribution < -0.4 is 15.8 Å². The number of aliphatic hydroxyl groups is 1. The SMILES string of the molecule is CC#CC1(Cl)[C@@H](O)[C@@H](CO[P@@](=O)(C[C@@H](C)C(=O)OC(C)C)Oc2ccccc2)O[C@H]1n1ccc2c(=O)[nH]c(N)nc21. The molecule has 1 fully saturated rings. The molecule has 0 aliphatic carbocycles. The summed E-state index contributed by atoms with van der Waals surface area (Å²) in [6.07, 6.45) is -2.85. The number of hydrogen-bond acceptors (Lipinski definition) is 10. The third-order valence-electron chi connectivity index (χ3n) is 6.29. The predicted molar refractivity (Wildman–Crippen MR) is 153 cm³/mol. The molecule has 3 heterocycles. The van der Waals surface area contributed by atoms with Crippen molar-refractivity contribution in [3.05, 3.63) is 52.9 Å². The Bertz CT molecular complexity index is 1570. The number of alkyl halides is 1. The molecule has 1 aromatic carbocycles. The summed E-state index contributed by atoms with van der Waals surface area (Å²) < 4.78 is 38.4. The fraction of sp³-hybridized carbons (Fsp3) is 0.444. The van der Waals surface area contributed by atoms with Gasteiger partial charge in [0.25, 0.3) is 5.56 Å². The van der Waals surface area contributed by atoms with E-state index >= 15 is 0 Å². The summed E-state index contributed by atoms with van der Waals surface area (Å²) in [6, 6.07) is 9.87. The smallest absolute Gasteiger partial charge is 0.380 e. The second kappa shape index (κ2) is 12.3. The lowest BCUT2D eigenvalue weighted by Gasteiger charge is -2.26. The number of carbonyl (C=O) groups is 1. The molecule has 0 amide bonds. The fourth-order valence-corrected chi connectivity index (χ4v) is 6.70. The van der Waals surface area contributed by atoms with Crippen molar-refractivity contribution >= 4 is 42.1 Å². The Morgan fingerprint density at radius 3 is 2.68 bits per heavy atom. The van der Waals surface area contributed by atoms with E-state index in [4.69, 9.17) is 35.9 Å². The third-order valence-corrected chi connectivity index (χ3v) is 8.82. The van der Waals surface area contributed by atoms with Crippen LogP contribution in [0, 0.1) is 17.8 Å². The Labute approximate surface area is 241 Å². The Kier molecular flexibility index (Phi) is 9.16. The van der Waals surface area contributed by atoms with Crippen molar-refractivity contribution in [3.63, 3.8) is 0 Å². The van der Waals surface area contributed by atoms with Crippen molar-refractivity contribution in [2.75, 3.05) is 18.5 Å². The number of para-hydroxylation sites is 1. The summed E-state index contributed by atoms with van der Waals surface area (Å²) in [5, 5.41) is 11.5. The zero-order valence-corrected chi connectivity index (χ0v) is 24.6. The molecule has 3 aromatic rings. The minimum Gasteiger partial charge on any atom is -0.463 e. The number of nitrogen functional groups attached to an aromatic ring is 1. The number of aliphatic hydroxyl groups excluding tert-OH is 1. The zero-order chi connectivity index (χ0) is 29.9. The maximum Gasteiger partial charge on any atom is 0.380 e. The standard InChI is InChI=1S/C27H32ClN4O8P/c1-5-12-27(28)21(33)20(39-25(27)32-13-11-19-22(32)30-26(29)31-23(19)34)14-37-41(36,40-18-9-7-6-8-10-18)15-17(4)24(35)38-16(2)3/h6-11,13,16-17,20-21,25,33H,14-15H2,1-4H3,(H3,29,30,31,34)/t17-,20-,21+,25-,27?,41+/m1/s1. The molecular formula is C27H32ClN4O8P. The monoisotopic (exact) mass is 606 g/mol. The number of ether oxygens (including phenoxy) is 2. The minimum atomic E-state index is -4.02. The molecular weight excluding hydrogens is 575 g/mol. The van der Waals surface area contributed by atoms with E-state index < -0.39 is 55.0 Å². The van der Waals surface area contributed by atoms with Crippen molar-refractivity contribution in [2.24, 2.45) is 5.92 Å². The number of aromatic nitrogens is 3. The highest BCUT2D eigenvalue weighted by molar-refractivity contribution is 7.54. The van der Waals surface area contributed by atoms with E-state index in [0.717, 1.165) is 0 Å². The number of carbonyl (C=O) groups excluding carboxylic acids is 1. The van der Waals surface area contributed by atoms with Gasteiger partial charge in [-0.2, -0.15) is 4.98 Å². The van der Waals surface area contributed by atoms with E-state index in [1.165, 1.54) is 16.8 Å². The van der Waals surface area contributed by atoms with E-state index in [9.17, 15) is 19.3 Å². The number of rotatable bonds is 10. The van der Waals surface area contributed by atoms with Gasteiger partial charge in [0, 0.05) is 6.20 Å². The molecule has 41 heavy (non-hydrogen) atoms. The van der Waals surface area contributed by atoms with Gasteiger partial charge >= 0.3 is 13.6 Å². The van der Waals surface area contributed by atoms with Gasteiger partial charge in [-0.15, -0.1) is 5.92 Å². The molecule has 1 unspecified atom stereocenters. The summed E-state index contributed by atoms with van der Waals surface area (Å²) in [4.78, 5) is 29.8. The molecule has 0 saturated carbocycles. The summed E-state index contributed by atoms with van der Waals surface area (Å²) in [7, 11) is -4.02. The van der Waals surface area contributed by atoms with E-state index in [1.54, 1.807) is 58.0 Å². The van der Waals surface area contributed by atoms with Gasteiger partial charge in [0.2, 0.25) is 5.95 Å². The molecule has 12 nitrogen and oxygen atoms in total. The van der Waals surface area contributed by atoms with Crippen molar-refractivity contribution in [1.82, 2.24) is 14.5 Å². The summed E-state index contributed by atoms with van der Waals surface area (Å²) >= 11 is 6.88. The molecule has 14 heteroatoms. The fourth-order valence-electron chi connectivity index (χ4n) is 4.43. The topological polar surface area (TPSA) is 168 Å². The molecule has 4 N–H and O–H groups in total. The first-order valence-corrected chi connectivity index (χ1v) is 15.0. The predicted octanol–water partition coefficient (Wildman–Crippen LogP) is 3.44. The number of nitrogens with two attached hydrogens (primary N) is 1. The molecule has 1 aliphatic heterocycles. The van der Waals surface area contributed by atoms with E-state index in [0.29, 0.717) is 0 Å². The van der Waals surface area contributed by atoms with Crippen LogP contribution in [0.5, 0.6) is 5.75 Å². The van der Waals surface area contributed by atoms with Crippen LogP contribution in [0.4, 0.5) is 5.95 Å². The number of halogens is 1. The first kappa shape index (κ1) is 30.6. The molecule has 220 valence electrons. The van der Waals surface area contributed by atoms with Gasteiger partial charge in [0.05, 0.1) is 30.2 Å². The second-order valence-electron chi connectivity index (χ2n) is 9.91. The highest BCUT2D eigenvalue weighted by Crippen LogP contribution is 2.52. The largest absolute Gasteiger partial charge is 0.463 e. The number of anilines is 1. The first-order valence-electron chi connectivity index (χ1n) is 12.9. The van der Waals surface area contributed by atoms with Crippen LogP contribution in [-0.4, -0.2) is 61.6 Å². The normalized spacial score (nSPS) is 24.4. The Morgan fingerprint density at radius 2 is 2.02 bits per heavy atom. The van der Waals surface area contributed by atoms with Crippen molar-refractivity contribution < 1.29 is 33.0 Å². The lowest BCUT2D eigenvalue weighted by molar-refractivity contribution is -0.151. The molecule has 0 bridgehead atoms. The van der Waals surface area contributed by atoms with E-state index in [2.05, 4.69) is 21.8 Å². The Hall–Kier alpha value is -3.33. The van der Waals surface area contributed by atoms with Gasteiger partial charge in [-0.1, -0.05) is 42.6 Å². The average molecular weight is 607 g/mol. The van der Waals surface area contributed by atoms with Crippen molar-refractivity contribution in [3.8, 4) is 17.6 Å². The number of hydrogen-bond donors (Lipinski definition) is 3. The summed E-state index contributed by atoms with van der Waals surface area (Å²) in [6.45, 7) is 6.10. The van der Waals surface area contributed by atoms with Crippen LogP contribution in [0.1, 0.15) is 33.9 Å². The highest BCUT2D eigenvalue weighted by atomic mass is 35.5. The minimum absolute atomic E-state index is 0.119. The second-order valence-corrected chi connectivity index (χ2v) is 12.6. The summed E-state index contributed by atoms with van der Waals surface area (Å²) in [5.41, 5.74) is 5.46. The molecule has 1 aliphatic rings. The molecule has 4 rings (SSSR count). The van der Waals surface area contributed by atoms with Gasteiger partial charge in [-0.05, 0) is 39.0 Å². The number of esters is 1. The van der Waals surface area contributed by atoms with Crippen LogP contribution in [-0.2, 0) is 23.4 Å². The van der Waals surface area contributed by atoms with Gasteiger partial charge in [0.15, 0.2) is 16.7 Å². The maximum absolute atomic E-state index is 14.0. The van der Waals surface area contributed by atoms with Crippen LogP contribution in [0.3, 0.4) is 0 Å². The zero-order valence-electron chi connectivity index (χ0n) is 22.9. The average Bonchev–Trinajstić information content (AvgIpc) is 3.42. The van der Waals surface area contributed by atoms with Crippen LogP contribution in [0.2, 0.25) is 0 Å². The number of H-pyrrole nitrogens is 1. The number of nitrogens with zero attached hydrogens (tertiary/aromatic N) is 2. The number of nitrogens with one attached hydrogen (secondary N) is 1. The van der Waals surface area contributed by atoms with Crippen molar-refractivity contribution in [2.45, 2.75) is 57.1 Å². The van der Waals surface area contributed by atoms with Gasteiger partial charge < -0.3 is 29.4 Å². The quantitative estimate of drug-likeness (QED) is 0.134. The van der Waals surface area contributed by atoms with E-state index in [-0.39, 0.29) is 35.0 Å². The number of benzene rings is 1. The van der Waals surface area contributed by atoms with Gasteiger partial charge in [-0.3, -0.25) is 19.1 Å². The summed E-state index contributed by atoms with van der Waals surface area (Å²) in [5.74, 6) is 4.26. The van der Waals surface area contributed by atoms with Crippen LogP contribution in [0.15, 0.2) is 47.4 Å². The number of fused-ring (bicyclic) bond motifs is 1. The molecule has 2 aromatic heterocycles. The van der Waals surface area contributed by atoms with E-state index in [1.807, 2.05) is 0 Å². The molecule has 6 atom stereocenters. The highest BCUT2D eigenvalue weighted by Gasteiger charge is 2.56. The first-order chi connectivity index (χ1) is 19.4.